The van der Waals surface area contributed by atoms with Crippen molar-refractivity contribution in [3.63, 3.8) is 0 Å². The summed E-state index contributed by atoms with van der Waals surface area (Å²) in [6, 6.07) is 0. The van der Waals surface area contributed by atoms with Crippen molar-refractivity contribution < 1.29 is 14.9 Å². The molecule has 0 amide bonds. The monoisotopic (exact) mass is 344 g/mol. The van der Waals surface area contributed by atoms with Crippen LogP contribution in [0.2, 0.25) is 0 Å². The van der Waals surface area contributed by atoms with Gasteiger partial charge in [0, 0.05) is 12.5 Å². The van der Waals surface area contributed by atoms with E-state index in [1.165, 1.54) is 38.5 Å². The number of rotatable bonds is 1. The Labute approximate surface area is 150 Å². The van der Waals surface area contributed by atoms with Crippen LogP contribution in [-0.4, -0.2) is 29.0 Å². The minimum Gasteiger partial charge on any atom is -0.512 e. The number of fused-ring (bicyclic) bond motifs is 4. The Morgan fingerprint density at radius 1 is 1.16 bits per heavy atom. The van der Waals surface area contributed by atoms with Crippen LogP contribution in [0.25, 0.3) is 0 Å². The number of aliphatic hydroxyl groups is 2. The van der Waals surface area contributed by atoms with Crippen molar-refractivity contribution in [3.8, 4) is 0 Å². The Morgan fingerprint density at radius 2 is 1.96 bits per heavy atom. The normalized spacial score (nSPS) is 66.5. The highest BCUT2D eigenvalue weighted by Crippen LogP contribution is 2.88. The van der Waals surface area contributed by atoms with Crippen LogP contribution in [0.3, 0.4) is 0 Å². The maximum absolute atomic E-state index is 12.1. The van der Waals surface area contributed by atoms with E-state index in [4.69, 9.17) is 4.74 Å². The van der Waals surface area contributed by atoms with Crippen molar-refractivity contribution >= 4 is 0 Å². The number of aliphatic hydroxyl groups excluding tert-OH is 1. The van der Waals surface area contributed by atoms with E-state index in [1.54, 1.807) is 7.11 Å². The molecule has 6 bridgehead atoms. The molecule has 6 aliphatic rings. The van der Waals surface area contributed by atoms with Gasteiger partial charge in [-0.1, -0.05) is 20.3 Å². The molecule has 1 spiro atoms. The molecular weight excluding hydrogens is 312 g/mol. The number of hydrogen-bond acceptors (Lipinski definition) is 3. The maximum Gasteiger partial charge on any atom is 0.110 e. The van der Waals surface area contributed by atoms with Crippen molar-refractivity contribution in [2.24, 2.45) is 45.8 Å². The summed E-state index contributed by atoms with van der Waals surface area (Å²) in [5.74, 6) is 3.07. The molecule has 3 nitrogen and oxygen atoms in total. The van der Waals surface area contributed by atoms with Gasteiger partial charge in [-0.05, 0) is 79.1 Å². The minimum absolute atomic E-state index is 0.106. The predicted molar refractivity (Wildman–Crippen MR) is 94.9 cm³/mol. The quantitative estimate of drug-likeness (QED) is 0.754. The first-order valence-corrected chi connectivity index (χ1v) is 10.5. The molecule has 6 aliphatic carbocycles. The molecule has 5 fully saturated rings. The molecule has 6 rings (SSSR count). The molecule has 0 radical (unpaired) electrons. The molecule has 0 aromatic carbocycles. The lowest BCUT2D eigenvalue weighted by Crippen LogP contribution is -2.60. The lowest BCUT2D eigenvalue weighted by Gasteiger charge is -2.62. The Hall–Kier alpha value is -0.540. The lowest BCUT2D eigenvalue weighted by atomic mass is 9.42. The summed E-state index contributed by atoms with van der Waals surface area (Å²) < 4.78 is 5.74. The van der Waals surface area contributed by atoms with Crippen LogP contribution >= 0.6 is 0 Å². The van der Waals surface area contributed by atoms with Crippen molar-refractivity contribution in [1.82, 2.24) is 0 Å². The van der Waals surface area contributed by atoms with E-state index in [1.807, 2.05) is 6.08 Å². The number of hydrogen-bond donors (Lipinski definition) is 2. The van der Waals surface area contributed by atoms with Gasteiger partial charge in [-0.2, -0.15) is 0 Å². The zero-order valence-electron chi connectivity index (χ0n) is 15.8. The van der Waals surface area contributed by atoms with Gasteiger partial charge in [0.15, 0.2) is 0 Å². The van der Waals surface area contributed by atoms with E-state index in [0.29, 0.717) is 23.0 Å². The zero-order chi connectivity index (χ0) is 17.4. The molecule has 0 aliphatic heterocycles. The van der Waals surface area contributed by atoms with Crippen LogP contribution in [0, 0.1) is 45.8 Å². The third-order valence-electron chi connectivity index (χ3n) is 11.1. The topological polar surface area (TPSA) is 49.7 Å². The molecule has 0 saturated heterocycles. The van der Waals surface area contributed by atoms with Crippen molar-refractivity contribution in [1.29, 1.82) is 0 Å². The van der Waals surface area contributed by atoms with Gasteiger partial charge in [-0.3, -0.25) is 0 Å². The van der Waals surface area contributed by atoms with Gasteiger partial charge in [0.05, 0.1) is 11.7 Å². The molecule has 0 aromatic rings. The van der Waals surface area contributed by atoms with Gasteiger partial charge >= 0.3 is 0 Å². The van der Waals surface area contributed by atoms with E-state index >= 15 is 0 Å². The van der Waals surface area contributed by atoms with Crippen molar-refractivity contribution in [3.05, 3.63) is 11.8 Å². The van der Waals surface area contributed by atoms with Gasteiger partial charge in [0.1, 0.15) is 11.7 Å². The van der Waals surface area contributed by atoms with Crippen molar-refractivity contribution in [2.75, 3.05) is 7.11 Å². The minimum atomic E-state index is -0.929. The van der Waals surface area contributed by atoms with Gasteiger partial charge in [-0.15, -0.1) is 0 Å². The molecular formula is C22H32O3. The Bertz CT molecular complexity index is 687. The molecule has 10 unspecified atom stereocenters. The van der Waals surface area contributed by atoms with Crippen LogP contribution in [0.4, 0.5) is 0 Å². The fourth-order valence-corrected chi connectivity index (χ4v) is 10.3. The van der Waals surface area contributed by atoms with Crippen LogP contribution < -0.4 is 0 Å². The van der Waals surface area contributed by atoms with Gasteiger partial charge < -0.3 is 14.9 Å². The summed E-state index contributed by atoms with van der Waals surface area (Å²) in [6.07, 6.45) is 10.8. The largest absolute Gasteiger partial charge is 0.512 e. The fourth-order valence-electron chi connectivity index (χ4n) is 10.3. The standard InChI is InChI=1S/C22H32O3/c1-19-11-14-12-6-7-13-5-4-8-21(13,10-12)20(19,2)17(14)18-15(23)9-16(25-3)22(18,19)24/h9,12-14,16-18,23-24H,4-8,10-11H2,1-3H3. The molecule has 2 N–H and O–H groups in total. The summed E-state index contributed by atoms with van der Waals surface area (Å²) in [7, 11) is 1.69. The molecule has 0 aromatic heterocycles. The van der Waals surface area contributed by atoms with E-state index in [2.05, 4.69) is 13.8 Å². The summed E-state index contributed by atoms with van der Waals surface area (Å²) in [4.78, 5) is 0. The molecule has 0 heterocycles. The predicted octanol–water partition coefficient (Wildman–Crippen LogP) is 4.07. The number of methoxy groups -OCH3 is 1. The third kappa shape index (κ3) is 1.21. The Balaban J connectivity index is 1.63. The van der Waals surface area contributed by atoms with Crippen molar-refractivity contribution in [2.45, 2.75) is 70.5 Å². The zero-order valence-corrected chi connectivity index (χ0v) is 15.8. The highest BCUT2D eigenvalue weighted by atomic mass is 16.5. The number of ether oxygens (including phenoxy) is 1. The van der Waals surface area contributed by atoms with Crippen LogP contribution in [0.5, 0.6) is 0 Å². The summed E-state index contributed by atoms with van der Waals surface area (Å²) >= 11 is 0. The van der Waals surface area contributed by atoms with Crippen LogP contribution in [-0.2, 0) is 4.74 Å². The first-order chi connectivity index (χ1) is 11.8. The van der Waals surface area contributed by atoms with Gasteiger partial charge in [-0.25, -0.2) is 0 Å². The van der Waals surface area contributed by atoms with E-state index in [-0.39, 0.29) is 22.9 Å². The molecule has 10 atom stereocenters. The molecule has 25 heavy (non-hydrogen) atoms. The SMILES string of the molecule is COC1C=C(O)C2C3C4CC(C)(C12O)C3(C)C12CCCC1CCC4C2. The highest BCUT2D eigenvalue weighted by molar-refractivity contribution is 5.41. The second kappa shape index (κ2) is 4.14. The van der Waals surface area contributed by atoms with E-state index < -0.39 is 5.60 Å². The first kappa shape index (κ1) is 15.5. The highest BCUT2D eigenvalue weighted by Gasteiger charge is 2.88. The van der Waals surface area contributed by atoms with Gasteiger partial charge in [0.25, 0.3) is 0 Å². The van der Waals surface area contributed by atoms with Crippen LogP contribution in [0.1, 0.15) is 58.8 Å². The maximum atomic E-state index is 12.1. The summed E-state index contributed by atoms with van der Waals surface area (Å²) in [5.41, 5.74) is -0.577. The Kier molecular flexibility index (Phi) is 2.57. The lowest BCUT2D eigenvalue weighted by molar-refractivity contribution is -0.187. The summed E-state index contributed by atoms with van der Waals surface area (Å²) in [6.45, 7) is 4.89. The van der Waals surface area contributed by atoms with Crippen LogP contribution in [0.15, 0.2) is 11.8 Å². The second-order valence-electron chi connectivity index (χ2n) is 10.8. The van der Waals surface area contributed by atoms with E-state index in [0.717, 1.165) is 18.3 Å². The average molecular weight is 344 g/mol. The molecule has 3 heteroatoms. The first-order valence-electron chi connectivity index (χ1n) is 10.5. The fraction of sp³-hybridized carbons (Fsp3) is 0.909. The molecule has 138 valence electrons. The second-order valence-corrected chi connectivity index (χ2v) is 10.8. The molecule has 5 saturated carbocycles. The third-order valence-corrected chi connectivity index (χ3v) is 11.1. The van der Waals surface area contributed by atoms with Gasteiger partial charge in [0.2, 0.25) is 0 Å². The summed E-state index contributed by atoms with van der Waals surface area (Å²) in [5, 5.41) is 23.0. The average Bonchev–Trinajstić information content (AvgIpc) is 3.22. The Morgan fingerprint density at radius 3 is 2.72 bits per heavy atom. The van der Waals surface area contributed by atoms with E-state index in [9.17, 15) is 10.2 Å². The smallest absolute Gasteiger partial charge is 0.110 e.